The summed E-state index contributed by atoms with van der Waals surface area (Å²) in [5.74, 6) is 1.21. The van der Waals surface area contributed by atoms with Gasteiger partial charge in [-0.2, -0.15) is 0 Å². The number of nitrogens with zero attached hydrogens (tertiary/aromatic N) is 1. The van der Waals surface area contributed by atoms with Gasteiger partial charge in [-0.05, 0) is 43.9 Å². The Kier molecular flexibility index (Phi) is 12.9. The van der Waals surface area contributed by atoms with Crippen molar-refractivity contribution in [2.45, 2.75) is 58.4 Å². The summed E-state index contributed by atoms with van der Waals surface area (Å²) in [4.78, 5) is 4.27. The average molecular weight is 433 g/mol. The molecule has 0 saturated heterocycles. The van der Waals surface area contributed by atoms with Crippen LogP contribution >= 0.6 is 24.0 Å². The molecule has 0 fully saturated rings. The molecule has 1 atom stereocenters. The highest BCUT2D eigenvalue weighted by Gasteiger charge is 2.04. The van der Waals surface area contributed by atoms with E-state index in [1.807, 2.05) is 19.2 Å². The minimum atomic E-state index is 0. The first-order valence-corrected chi connectivity index (χ1v) is 8.40. The fourth-order valence-corrected chi connectivity index (χ4v) is 2.36. The van der Waals surface area contributed by atoms with Crippen molar-refractivity contribution in [2.24, 2.45) is 4.99 Å². The highest BCUT2D eigenvalue weighted by Crippen LogP contribution is 2.10. The molecule has 1 unspecified atom stereocenters. The standard InChI is InChI=1S/C18H31N3O.HI/c1-4-5-6-8-15(2)21-18(19-3)20-14-7-9-16-10-12-17(22)13-11-16;/h10-13,15,22H,4-9,14H2,1-3H3,(H2,19,20,21);1H. The summed E-state index contributed by atoms with van der Waals surface area (Å²) in [6, 6.07) is 7.87. The van der Waals surface area contributed by atoms with E-state index in [-0.39, 0.29) is 24.0 Å². The van der Waals surface area contributed by atoms with Gasteiger partial charge in [-0.3, -0.25) is 4.99 Å². The zero-order valence-corrected chi connectivity index (χ0v) is 17.0. The summed E-state index contributed by atoms with van der Waals surface area (Å²) >= 11 is 0. The molecule has 1 aromatic carbocycles. The number of aromatic hydroxyl groups is 1. The van der Waals surface area contributed by atoms with Crippen LogP contribution in [-0.2, 0) is 6.42 Å². The van der Waals surface area contributed by atoms with Crippen molar-refractivity contribution in [1.82, 2.24) is 10.6 Å². The minimum absolute atomic E-state index is 0. The van der Waals surface area contributed by atoms with Crippen molar-refractivity contribution in [2.75, 3.05) is 13.6 Å². The topological polar surface area (TPSA) is 56.7 Å². The Morgan fingerprint density at radius 3 is 2.48 bits per heavy atom. The number of guanidine groups is 1. The van der Waals surface area contributed by atoms with Gasteiger partial charge in [-0.1, -0.05) is 38.3 Å². The van der Waals surface area contributed by atoms with E-state index in [4.69, 9.17) is 0 Å². The lowest BCUT2D eigenvalue weighted by Gasteiger charge is -2.17. The van der Waals surface area contributed by atoms with Crippen LogP contribution in [0.1, 0.15) is 51.5 Å². The second-order valence-electron chi connectivity index (χ2n) is 5.81. The van der Waals surface area contributed by atoms with Gasteiger partial charge in [-0.25, -0.2) is 0 Å². The van der Waals surface area contributed by atoms with E-state index in [2.05, 4.69) is 29.5 Å². The minimum Gasteiger partial charge on any atom is -0.508 e. The Hall–Kier alpha value is -0.980. The number of unbranched alkanes of at least 4 members (excludes halogenated alkanes) is 2. The lowest BCUT2D eigenvalue weighted by molar-refractivity contribution is 0.475. The molecular formula is C18H32IN3O. The summed E-state index contributed by atoms with van der Waals surface area (Å²) in [6.07, 6.45) is 7.04. The van der Waals surface area contributed by atoms with E-state index in [0.29, 0.717) is 11.8 Å². The number of nitrogens with one attached hydrogen (secondary N) is 2. The maximum atomic E-state index is 9.26. The summed E-state index contributed by atoms with van der Waals surface area (Å²) in [5.41, 5.74) is 1.25. The smallest absolute Gasteiger partial charge is 0.191 e. The summed E-state index contributed by atoms with van der Waals surface area (Å²) in [7, 11) is 1.81. The van der Waals surface area contributed by atoms with Gasteiger partial charge in [0.1, 0.15) is 5.75 Å². The van der Waals surface area contributed by atoms with Crippen molar-refractivity contribution < 1.29 is 5.11 Å². The van der Waals surface area contributed by atoms with Crippen molar-refractivity contribution in [3.8, 4) is 5.75 Å². The van der Waals surface area contributed by atoms with Gasteiger partial charge in [-0.15, -0.1) is 24.0 Å². The second-order valence-corrected chi connectivity index (χ2v) is 5.81. The largest absolute Gasteiger partial charge is 0.508 e. The van der Waals surface area contributed by atoms with Gasteiger partial charge in [0.25, 0.3) is 0 Å². The van der Waals surface area contributed by atoms with Gasteiger partial charge in [0.05, 0.1) is 0 Å². The predicted molar refractivity (Wildman–Crippen MR) is 110 cm³/mol. The van der Waals surface area contributed by atoms with Crippen molar-refractivity contribution >= 4 is 29.9 Å². The third kappa shape index (κ3) is 10.4. The Morgan fingerprint density at radius 1 is 1.17 bits per heavy atom. The molecule has 23 heavy (non-hydrogen) atoms. The third-order valence-corrected chi connectivity index (χ3v) is 3.72. The van der Waals surface area contributed by atoms with E-state index in [9.17, 15) is 5.11 Å². The van der Waals surface area contributed by atoms with Crippen LogP contribution in [0.4, 0.5) is 0 Å². The second kappa shape index (κ2) is 13.5. The predicted octanol–water partition coefficient (Wildman–Crippen LogP) is 4.08. The third-order valence-electron chi connectivity index (χ3n) is 3.72. The van der Waals surface area contributed by atoms with Crippen molar-refractivity contribution in [3.05, 3.63) is 29.8 Å². The fraction of sp³-hybridized carbons (Fsp3) is 0.611. The maximum absolute atomic E-state index is 9.26. The normalized spacial score (nSPS) is 12.4. The molecule has 3 N–H and O–H groups in total. The van der Waals surface area contributed by atoms with Gasteiger partial charge in [0.2, 0.25) is 0 Å². The lowest BCUT2D eigenvalue weighted by atomic mass is 10.1. The Morgan fingerprint density at radius 2 is 1.87 bits per heavy atom. The summed E-state index contributed by atoms with van der Waals surface area (Å²) < 4.78 is 0. The van der Waals surface area contributed by atoms with Crippen molar-refractivity contribution in [3.63, 3.8) is 0 Å². The Balaban J connectivity index is 0.00000484. The molecule has 0 aliphatic rings. The monoisotopic (exact) mass is 433 g/mol. The molecule has 0 aromatic heterocycles. The Labute approximate surface area is 158 Å². The summed E-state index contributed by atoms with van der Waals surface area (Å²) in [5, 5.41) is 16.1. The Bertz CT molecular complexity index is 434. The van der Waals surface area contributed by atoms with Crippen LogP contribution in [0.25, 0.3) is 0 Å². The number of benzene rings is 1. The fourth-order valence-electron chi connectivity index (χ4n) is 2.36. The highest BCUT2D eigenvalue weighted by atomic mass is 127. The molecule has 0 amide bonds. The first-order valence-electron chi connectivity index (χ1n) is 8.40. The molecule has 5 heteroatoms. The number of aliphatic imine (C=N–C) groups is 1. The number of halogens is 1. The van der Waals surface area contributed by atoms with E-state index < -0.39 is 0 Å². The van der Waals surface area contributed by atoms with Crippen LogP contribution in [0, 0.1) is 0 Å². The number of phenols is 1. The van der Waals surface area contributed by atoms with E-state index >= 15 is 0 Å². The van der Waals surface area contributed by atoms with E-state index in [0.717, 1.165) is 25.3 Å². The van der Waals surface area contributed by atoms with E-state index in [1.54, 1.807) is 12.1 Å². The zero-order chi connectivity index (χ0) is 16.2. The van der Waals surface area contributed by atoms with Crippen LogP contribution in [0.5, 0.6) is 5.75 Å². The van der Waals surface area contributed by atoms with Crippen LogP contribution in [-0.4, -0.2) is 30.7 Å². The van der Waals surface area contributed by atoms with Gasteiger partial charge in [0, 0.05) is 19.6 Å². The molecule has 0 radical (unpaired) electrons. The molecule has 0 aliphatic heterocycles. The first kappa shape index (κ1) is 22.0. The molecule has 0 saturated carbocycles. The van der Waals surface area contributed by atoms with Gasteiger partial charge < -0.3 is 15.7 Å². The van der Waals surface area contributed by atoms with Crippen molar-refractivity contribution in [1.29, 1.82) is 0 Å². The molecular weight excluding hydrogens is 401 g/mol. The maximum Gasteiger partial charge on any atom is 0.191 e. The van der Waals surface area contributed by atoms with Crippen LogP contribution in [0.15, 0.2) is 29.3 Å². The molecule has 0 aliphatic carbocycles. The first-order chi connectivity index (χ1) is 10.7. The van der Waals surface area contributed by atoms with Crippen LogP contribution in [0.2, 0.25) is 0 Å². The molecule has 4 nitrogen and oxygen atoms in total. The zero-order valence-electron chi connectivity index (χ0n) is 14.6. The molecule has 1 rings (SSSR count). The number of rotatable bonds is 9. The molecule has 0 spiro atoms. The lowest BCUT2D eigenvalue weighted by Crippen LogP contribution is -2.42. The number of phenolic OH excluding ortho intramolecular Hbond substituents is 1. The quantitative estimate of drug-likeness (QED) is 0.238. The van der Waals surface area contributed by atoms with Crippen LogP contribution < -0.4 is 10.6 Å². The average Bonchev–Trinajstić information content (AvgIpc) is 2.52. The molecule has 0 heterocycles. The molecule has 0 bridgehead atoms. The number of aryl methyl sites for hydroxylation is 1. The number of hydrogen-bond acceptors (Lipinski definition) is 2. The SMILES string of the molecule is CCCCCC(C)NC(=NC)NCCCc1ccc(O)cc1.I. The van der Waals surface area contributed by atoms with Crippen LogP contribution in [0.3, 0.4) is 0 Å². The molecule has 132 valence electrons. The summed E-state index contributed by atoms with van der Waals surface area (Å²) in [6.45, 7) is 5.33. The highest BCUT2D eigenvalue weighted by molar-refractivity contribution is 14.0. The van der Waals surface area contributed by atoms with Gasteiger partial charge >= 0.3 is 0 Å². The van der Waals surface area contributed by atoms with E-state index in [1.165, 1.54) is 31.2 Å². The van der Waals surface area contributed by atoms with Gasteiger partial charge in [0.15, 0.2) is 5.96 Å². The molecule has 1 aromatic rings. The number of hydrogen-bond donors (Lipinski definition) is 3.